The van der Waals surface area contributed by atoms with Crippen LogP contribution in [0.2, 0.25) is 5.28 Å². The van der Waals surface area contributed by atoms with Gasteiger partial charge in [0.15, 0.2) is 35.4 Å². The smallest absolute Gasteiger partial charge is 0.309 e. The Balaban J connectivity index is 1.45. The first-order chi connectivity index (χ1) is 20.1. The molecule has 1 spiro atoms. The first-order valence-corrected chi connectivity index (χ1v) is 14.0. The molecule has 1 unspecified atom stereocenters. The molecule has 14 heteroatoms. The van der Waals surface area contributed by atoms with E-state index in [-0.39, 0.29) is 16.3 Å². The number of halogens is 1. The number of imidazole rings is 1. The number of hydrogen-bond donors (Lipinski definition) is 1. The van der Waals surface area contributed by atoms with Gasteiger partial charge in [-0.15, -0.1) is 0 Å². The highest BCUT2D eigenvalue weighted by Crippen LogP contribution is 2.50. The topological polar surface area (TPSA) is 155 Å². The summed E-state index contributed by atoms with van der Waals surface area (Å²) in [5, 5.41) is 9.69. The summed E-state index contributed by atoms with van der Waals surface area (Å²) in [5.41, 5.74) is 2.78. The van der Waals surface area contributed by atoms with Gasteiger partial charge in [0.2, 0.25) is 5.28 Å². The summed E-state index contributed by atoms with van der Waals surface area (Å²) in [5.74, 6) is -3.12. The average Bonchev–Trinajstić information content (AvgIpc) is 3.61. The number of anilines is 2. The average molecular weight is 600 g/mol. The minimum Gasteiger partial charge on any atom is -0.481 e. The zero-order valence-electron chi connectivity index (χ0n) is 23.2. The Morgan fingerprint density at radius 2 is 1.79 bits per heavy atom. The van der Waals surface area contributed by atoms with Crippen LogP contribution in [0.5, 0.6) is 0 Å². The number of aliphatic carboxylic acids is 1. The maximum atomic E-state index is 12.1. The van der Waals surface area contributed by atoms with Crippen molar-refractivity contribution < 1.29 is 38.4 Å². The fourth-order valence-electron chi connectivity index (χ4n) is 6.33. The van der Waals surface area contributed by atoms with E-state index in [1.165, 1.54) is 37.2 Å². The molecule has 42 heavy (non-hydrogen) atoms. The van der Waals surface area contributed by atoms with E-state index in [0.29, 0.717) is 31.1 Å². The summed E-state index contributed by atoms with van der Waals surface area (Å²) < 4.78 is 24.4. The van der Waals surface area contributed by atoms with Crippen LogP contribution in [0.15, 0.2) is 30.6 Å². The van der Waals surface area contributed by atoms with Crippen molar-refractivity contribution in [1.29, 1.82) is 0 Å². The zero-order valence-corrected chi connectivity index (χ0v) is 24.0. The van der Waals surface area contributed by atoms with Gasteiger partial charge in [-0.05, 0) is 43.0 Å². The number of rotatable bonds is 6. The van der Waals surface area contributed by atoms with Crippen LogP contribution in [0.25, 0.3) is 11.2 Å². The van der Waals surface area contributed by atoms with Crippen molar-refractivity contribution >= 4 is 52.2 Å². The van der Waals surface area contributed by atoms with Crippen LogP contribution in [0.3, 0.4) is 0 Å². The van der Waals surface area contributed by atoms with Gasteiger partial charge in [-0.2, -0.15) is 9.97 Å². The number of fused-ring (bicyclic) bond motifs is 3. The molecule has 0 saturated carbocycles. The summed E-state index contributed by atoms with van der Waals surface area (Å²) >= 11 is 6.50. The predicted octanol–water partition coefficient (Wildman–Crippen LogP) is 3.16. The Morgan fingerprint density at radius 1 is 1.10 bits per heavy atom. The van der Waals surface area contributed by atoms with Gasteiger partial charge in [-0.1, -0.05) is 18.2 Å². The molecular formula is C28H30ClN5O8. The highest BCUT2D eigenvalue weighted by Gasteiger charge is 2.54. The Labute approximate surface area is 245 Å². The van der Waals surface area contributed by atoms with Crippen LogP contribution >= 0.6 is 11.6 Å². The molecule has 2 saturated heterocycles. The summed E-state index contributed by atoms with van der Waals surface area (Å²) in [4.78, 5) is 51.8. The molecule has 6 rings (SSSR count). The Hall–Kier alpha value is -3.81. The quantitative estimate of drug-likeness (QED) is 0.327. The van der Waals surface area contributed by atoms with E-state index in [0.717, 1.165) is 18.5 Å². The van der Waals surface area contributed by atoms with Crippen LogP contribution < -0.4 is 4.90 Å². The van der Waals surface area contributed by atoms with Gasteiger partial charge in [0.05, 0.1) is 12.2 Å². The third-order valence-electron chi connectivity index (χ3n) is 8.29. The second-order valence-electron chi connectivity index (χ2n) is 10.9. The van der Waals surface area contributed by atoms with E-state index in [1.807, 2.05) is 18.2 Å². The first kappa shape index (κ1) is 28.3. The molecule has 3 aliphatic heterocycles. The Morgan fingerprint density at radius 3 is 2.48 bits per heavy atom. The third kappa shape index (κ3) is 4.74. The van der Waals surface area contributed by atoms with E-state index in [2.05, 4.69) is 25.9 Å². The Bertz CT molecular complexity index is 1560. The standard InChI is InChI=1S/C28H30ClN5O8/c1-14(26(37)38)20-21(40-15(2)35)22(41-16(3)36)25(42-20)34-13-30-19-23(31-27(29)32-24(19)34)33-12-28(8-10-39-11-9-28)17-6-4-5-7-18(17)33/h4-7,13-14,20-22,25H,8-12H2,1-3H3,(H,37,38)/t14?,20-,21-,22-,25-/m1/s1. The van der Waals surface area contributed by atoms with Crippen LogP contribution in [0.1, 0.15) is 45.4 Å². The van der Waals surface area contributed by atoms with Gasteiger partial charge in [-0.25, -0.2) is 4.98 Å². The van der Waals surface area contributed by atoms with Crippen molar-refractivity contribution in [2.24, 2.45) is 5.92 Å². The lowest BCUT2D eigenvalue weighted by molar-refractivity contribution is -0.166. The van der Waals surface area contributed by atoms with Crippen molar-refractivity contribution in [3.63, 3.8) is 0 Å². The van der Waals surface area contributed by atoms with Crippen molar-refractivity contribution in [1.82, 2.24) is 19.5 Å². The number of para-hydroxylation sites is 1. The van der Waals surface area contributed by atoms with Gasteiger partial charge in [0, 0.05) is 44.7 Å². The highest BCUT2D eigenvalue weighted by molar-refractivity contribution is 6.28. The molecule has 5 heterocycles. The number of carbonyl (C=O) groups is 3. The van der Waals surface area contributed by atoms with E-state index < -0.39 is 48.4 Å². The number of esters is 2. The summed E-state index contributed by atoms with van der Waals surface area (Å²) in [6.45, 7) is 5.78. The monoisotopic (exact) mass is 599 g/mol. The number of carboxylic acids is 1. The van der Waals surface area contributed by atoms with Gasteiger partial charge in [0.1, 0.15) is 6.10 Å². The molecule has 5 atom stereocenters. The second-order valence-corrected chi connectivity index (χ2v) is 11.2. The zero-order chi connectivity index (χ0) is 29.8. The maximum Gasteiger partial charge on any atom is 0.309 e. The summed E-state index contributed by atoms with van der Waals surface area (Å²) in [7, 11) is 0. The normalized spacial score (nSPS) is 25.4. The molecule has 222 valence electrons. The molecule has 2 aromatic heterocycles. The number of aromatic nitrogens is 4. The number of carbonyl (C=O) groups excluding carboxylic acids is 2. The number of ether oxygens (including phenoxy) is 4. The minimum absolute atomic E-state index is 0.0429. The molecule has 1 N–H and O–H groups in total. The lowest BCUT2D eigenvalue weighted by atomic mass is 9.76. The van der Waals surface area contributed by atoms with Gasteiger partial charge in [-0.3, -0.25) is 19.0 Å². The van der Waals surface area contributed by atoms with Crippen molar-refractivity contribution in [3.05, 3.63) is 41.4 Å². The number of carboxylic acid groups (broad SMARTS) is 1. The van der Waals surface area contributed by atoms with E-state index in [9.17, 15) is 19.5 Å². The van der Waals surface area contributed by atoms with Crippen LogP contribution in [0, 0.1) is 5.92 Å². The second kappa shape index (κ2) is 10.8. The third-order valence-corrected chi connectivity index (χ3v) is 8.46. The predicted molar refractivity (Wildman–Crippen MR) is 147 cm³/mol. The number of hydrogen-bond acceptors (Lipinski definition) is 11. The Kier molecular flexibility index (Phi) is 7.27. The van der Waals surface area contributed by atoms with Crippen LogP contribution in [-0.4, -0.2) is 80.6 Å². The van der Waals surface area contributed by atoms with Gasteiger partial charge < -0.3 is 29.0 Å². The molecule has 13 nitrogen and oxygen atoms in total. The first-order valence-electron chi connectivity index (χ1n) is 13.7. The minimum atomic E-state index is -1.20. The SMILES string of the molecule is CC(=O)O[C@@H]1[C@H](OC(C)=O)[C@@H](C(C)C(=O)O)O[C@H]1n1cnc2c(N3CC4(CCOCC4)c4ccccc43)nc(Cl)nc21. The fraction of sp³-hybridized carbons (Fsp3) is 0.500. The molecular weight excluding hydrogens is 570 g/mol. The lowest BCUT2D eigenvalue weighted by Gasteiger charge is -2.34. The molecule has 2 fully saturated rings. The van der Waals surface area contributed by atoms with Crippen molar-refractivity contribution in [2.75, 3.05) is 24.7 Å². The largest absolute Gasteiger partial charge is 0.481 e. The van der Waals surface area contributed by atoms with Crippen LogP contribution in [0.4, 0.5) is 11.5 Å². The number of benzene rings is 1. The molecule has 3 aromatic rings. The molecule has 0 aliphatic carbocycles. The van der Waals surface area contributed by atoms with E-state index in [1.54, 1.807) is 0 Å². The fourth-order valence-corrected chi connectivity index (χ4v) is 6.49. The van der Waals surface area contributed by atoms with E-state index >= 15 is 0 Å². The van der Waals surface area contributed by atoms with Gasteiger partial charge >= 0.3 is 17.9 Å². The molecule has 0 radical (unpaired) electrons. The van der Waals surface area contributed by atoms with Crippen molar-refractivity contribution in [3.8, 4) is 0 Å². The lowest BCUT2D eigenvalue weighted by Crippen LogP contribution is -2.42. The molecule has 3 aliphatic rings. The van der Waals surface area contributed by atoms with Crippen LogP contribution in [-0.2, 0) is 38.7 Å². The molecule has 0 amide bonds. The molecule has 0 bridgehead atoms. The molecule has 1 aromatic carbocycles. The van der Waals surface area contributed by atoms with Crippen molar-refractivity contribution in [2.45, 2.75) is 63.6 Å². The maximum absolute atomic E-state index is 12.1. The van der Waals surface area contributed by atoms with Gasteiger partial charge in [0.25, 0.3) is 0 Å². The number of nitrogens with zero attached hydrogens (tertiary/aromatic N) is 5. The summed E-state index contributed by atoms with van der Waals surface area (Å²) in [6, 6.07) is 8.17. The summed E-state index contributed by atoms with van der Waals surface area (Å²) in [6.07, 6.45) is -1.47. The highest BCUT2D eigenvalue weighted by atomic mass is 35.5. The van der Waals surface area contributed by atoms with E-state index in [4.69, 9.17) is 30.5 Å².